The molecule has 0 saturated carbocycles. The first kappa shape index (κ1) is 10.7. The Balaban J connectivity index is 3.08. The maximum Gasteiger partial charge on any atom is 0.342 e. The van der Waals surface area contributed by atoms with Crippen molar-refractivity contribution in [3.05, 3.63) is 35.9 Å². The zero-order valence-electron chi connectivity index (χ0n) is 8.61. The van der Waals surface area contributed by atoms with Gasteiger partial charge in [0.1, 0.15) is 0 Å². The van der Waals surface area contributed by atoms with Crippen molar-refractivity contribution in [1.29, 1.82) is 0 Å². The zero-order valence-corrected chi connectivity index (χ0v) is 8.61. The Morgan fingerprint density at radius 2 is 1.79 bits per heavy atom. The number of rotatable bonds is 3. The van der Waals surface area contributed by atoms with Gasteiger partial charge in [0.15, 0.2) is 5.60 Å². The molecule has 1 rings (SSSR count). The van der Waals surface area contributed by atoms with Crippen LogP contribution in [0.15, 0.2) is 30.3 Å². The van der Waals surface area contributed by atoms with Crippen molar-refractivity contribution < 1.29 is 14.3 Å². The smallest absolute Gasteiger partial charge is 0.342 e. The lowest BCUT2D eigenvalue weighted by Crippen LogP contribution is -2.35. The molecule has 1 aromatic rings. The minimum Gasteiger partial charge on any atom is -0.467 e. The fourth-order valence-electron chi connectivity index (χ4n) is 1.27. The third kappa shape index (κ3) is 1.77. The highest BCUT2D eigenvalue weighted by Crippen LogP contribution is 2.25. The van der Waals surface area contributed by atoms with Gasteiger partial charge in [-0.15, -0.1) is 0 Å². The summed E-state index contributed by atoms with van der Waals surface area (Å²) < 4.78 is 9.90. The van der Waals surface area contributed by atoms with Gasteiger partial charge in [0.2, 0.25) is 0 Å². The van der Waals surface area contributed by atoms with Gasteiger partial charge in [-0.3, -0.25) is 0 Å². The second-order valence-corrected chi connectivity index (χ2v) is 3.09. The number of benzene rings is 1. The lowest BCUT2D eigenvalue weighted by molar-refractivity contribution is -0.165. The van der Waals surface area contributed by atoms with Crippen LogP contribution < -0.4 is 0 Å². The molecule has 0 radical (unpaired) electrons. The minimum atomic E-state index is -1.02. The van der Waals surface area contributed by atoms with Crippen LogP contribution in [0, 0.1) is 0 Å². The van der Waals surface area contributed by atoms with Crippen LogP contribution in [0.4, 0.5) is 0 Å². The van der Waals surface area contributed by atoms with Crippen LogP contribution in [0.3, 0.4) is 0 Å². The summed E-state index contributed by atoms with van der Waals surface area (Å²) in [6, 6.07) is 9.27. The summed E-state index contributed by atoms with van der Waals surface area (Å²) in [4.78, 5) is 11.5. The minimum absolute atomic E-state index is 0.397. The van der Waals surface area contributed by atoms with Crippen LogP contribution in [0.5, 0.6) is 0 Å². The third-order valence-electron chi connectivity index (χ3n) is 2.31. The quantitative estimate of drug-likeness (QED) is 0.687. The van der Waals surface area contributed by atoms with Gasteiger partial charge in [-0.05, 0) is 12.5 Å². The molecule has 0 spiro atoms. The van der Waals surface area contributed by atoms with Crippen molar-refractivity contribution in [3.63, 3.8) is 0 Å². The average Bonchev–Trinajstić information content (AvgIpc) is 2.28. The lowest BCUT2D eigenvalue weighted by Gasteiger charge is -2.25. The van der Waals surface area contributed by atoms with E-state index < -0.39 is 11.6 Å². The molecule has 0 amide bonds. The van der Waals surface area contributed by atoms with E-state index in [0.717, 1.165) is 5.56 Å². The van der Waals surface area contributed by atoms with Gasteiger partial charge < -0.3 is 9.47 Å². The fraction of sp³-hybridized carbons (Fsp3) is 0.364. The summed E-state index contributed by atoms with van der Waals surface area (Å²) in [5.74, 6) is -0.397. The number of ether oxygens (including phenoxy) is 2. The van der Waals surface area contributed by atoms with Crippen LogP contribution in [0.25, 0.3) is 0 Å². The molecule has 1 atom stereocenters. The molecule has 0 unspecified atom stereocenters. The number of carbonyl (C=O) groups is 1. The van der Waals surface area contributed by atoms with Crippen molar-refractivity contribution in [3.8, 4) is 0 Å². The first-order chi connectivity index (χ1) is 6.65. The Hall–Kier alpha value is -1.35. The van der Waals surface area contributed by atoms with Crippen LogP contribution in [0.2, 0.25) is 0 Å². The third-order valence-corrected chi connectivity index (χ3v) is 2.31. The Labute approximate surface area is 83.6 Å². The molecule has 0 N–H and O–H groups in total. The molecule has 1 aromatic carbocycles. The van der Waals surface area contributed by atoms with Crippen molar-refractivity contribution in [2.75, 3.05) is 14.2 Å². The molecule has 0 fully saturated rings. The number of hydrogen-bond acceptors (Lipinski definition) is 3. The molecular weight excluding hydrogens is 180 g/mol. The SMILES string of the molecule is COC(=O)[C@@](C)(OC)c1ccccc1. The molecule has 0 heterocycles. The van der Waals surface area contributed by atoms with Gasteiger partial charge in [0.05, 0.1) is 7.11 Å². The second-order valence-electron chi connectivity index (χ2n) is 3.09. The topological polar surface area (TPSA) is 35.5 Å². The number of methoxy groups -OCH3 is 2. The van der Waals surface area contributed by atoms with Gasteiger partial charge in [0.25, 0.3) is 0 Å². The summed E-state index contributed by atoms with van der Waals surface area (Å²) in [5.41, 5.74) is -0.231. The van der Waals surface area contributed by atoms with Gasteiger partial charge in [0, 0.05) is 7.11 Å². The Morgan fingerprint density at radius 1 is 1.21 bits per heavy atom. The predicted molar refractivity (Wildman–Crippen MR) is 52.8 cm³/mol. The molecule has 0 aliphatic heterocycles. The fourth-order valence-corrected chi connectivity index (χ4v) is 1.27. The largest absolute Gasteiger partial charge is 0.467 e. The molecule has 3 nitrogen and oxygen atoms in total. The predicted octanol–water partition coefficient (Wildman–Crippen LogP) is 1.72. The summed E-state index contributed by atoms with van der Waals surface area (Å²) in [6.07, 6.45) is 0. The molecule has 0 saturated heterocycles. The van der Waals surface area contributed by atoms with Gasteiger partial charge in [-0.1, -0.05) is 30.3 Å². The average molecular weight is 194 g/mol. The highest BCUT2D eigenvalue weighted by atomic mass is 16.6. The Kier molecular flexibility index (Phi) is 3.25. The van der Waals surface area contributed by atoms with Gasteiger partial charge in [-0.25, -0.2) is 4.79 Å². The molecule has 3 heteroatoms. The van der Waals surface area contributed by atoms with E-state index in [9.17, 15) is 4.79 Å². The number of carbonyl (C=O) groups excluding carboxylic acids is 1. The van der Waals surface area contributed by atoms with E-state index in [1.165, 1.54) is 14.2 Å². The molecule has 0 aliphatic rings. The highest BCUT2D eigenvalue weighted by molar-refractivity contribution is 5.80. The second kappa shape index (κ2) is 4.24. The van der Waals surface area contributed by atoms with E-state index in [2.05, 4.69) is 0 Å². The van der Waals surface area contributed by atoms with Crippen LogP contribution >= 0.6 is 0 Å². The highest BCUT2D eigenvalue weighted by Gasteiger charge is 2.36. The van der Waals surface area contributed by atoms with E-state index >= 15 is 0 Å². The monoisotopic (exact) mass is 194 g/mol. The maximum absolute atomic E-state index is 11.5. The van der Waals surface area contributed by atoms with E-state index in [0.29, 0.717) is 0 Å². The standard InChI is InChI=1S/C11H14O3/c1-11(14-3,10(12)13-2)9-7-5-4-6-8-9/h4-8H,1-3H3/t11-/m0/s1. The van der Waals surface area contributed by atoms with Crippen molar-refractivity contribution in [2.24, 2.45) is 0 Å². The van der Waals surface area contributed by atoms with Gasteiger partial charge >= 0.3 is 5.97 Å². The maximum atomic E-state index is 11.5. The first-order valence-electron chi connectivity index (χ1n) is 4.34. The Bertz CT molecular complexity index is 308. The van der Waals surface area contributed by atoms with E-state index in [4.69, 9.17) is 9.47 Å². The van der Waals surface area contributed by atoms with Crippen molar-refractivity contribution in [1.82, 2.24) is 0 Å². The summed E-state index contributed by atoms with van der Waals surface area (Å²) in [6.45, 7) is 1.69. The van der Waals surface area contributed by atoms with Crippen LogP contribution in [-0.4, -0.2) is 20.2 Å². The molecular formula is C11H14O3. The van der Waals surface area contributed by atoms with E-state index in [1.807, 2.05) is 30.3 Å². The number of esters is 1. The summed E-state index contributed by atoms with van der Waals surface area (Å²) >= 11 is 0. The molecule has 14 heavy (non-hydrogen) atoms. The Morgan fingerprint density at radius 3 is 2.21 bits per heavy atom. The molecule has 76 valence electrons. The molecule has 0 aliphatic carbocycles. The zero-order chi connectivity index (χ0) is 10.6. The van der Waals surface area contributed by atoms with Crippen LogP contribution in [0.1, 0.15) is 12.5 Å². The van der Waals surface area contributed by atoms with E-state index in [-0.39, 0.29) is 0 Å². The summed E-state index contributed by atoms with van der Waals surface area (Å²) in [7, 11) is 2.84. The molecule has 0 aromatic heterocycles. The van der Waals surface area contributed by atoms with E-state index in [1.54, 1.807) is 6.92 Å². The van der Waals surface area contributed by atoms with Crippen molar-refractivity contribution >= 4 is 5.97 Å². The number of hydrogen-bond donors (Lipinski definition) is 0. The normalized spacial score (nSPS) is 14.5. The summed E-state index contributed by atoms with van der Waals surface area (Å²) in [5, 5.41) is 0. The molecule has 0 bridgehead atoms. The van der Waals surface area contributed by atoms with Gasteiger partial charge in [-0.2, -0.15) is 0 Å². The van der Waals surface area contributed by atoms with Crippen LogP contribution in [-0.2, 0) is 19.9 Å². The lowest BCUT2D eigenvalue weighted by atomic mass is 9.96. The van der Waals surface area contributed by atoms with Crippen molar-refractivity contribution in [2.45, 2.75) is 12.5 Å². The first-order valence-corrected chi connectivity index (χ1v) is 4.34.